The van der Waals surface area contributed by atoms with Crippen LogP contribution in [-0.2, 0) is 19.2 Å². The Kier molecular flexibility index (Phi) is 4.42. The predicted octanol–water partition coefficient (Wildman–Crippen LogP) is 1.72. The molecule has 4 saturated carbocycles. The molecular weight excluding hydrogens is 388 g/mol. The molecule has 6 aliphatic rings. The molecule has 2 N–H and O–H groups in total. The van der Waals surface area contributed by atoms with Crippen molar-refractivity contribution in [2.75, 3.05) is 13.1 Å². The van der Waals surface area contributed by atoms with Gasteiger partial charge in [-0.3, -0.25) is 9.59 Å². The maximum Gasteiger partial charge on any atom is 0.326 e. The van der Waals surface area contributed by atoms with Crippen LogP contribution in [0.5, 0.6) is 0 Å². The van der Waals surface area contributed by atoms with Crippen molar-refractivity contribution >= 4 is 23.8 Å². The van der Waals surface area contributed by atoms with Gasteiger partial charge in [0.05, 0.1) is 10.8 Å². The minimum absolute atomic E-state index is 0.0742. The highest BCUT2D eigenvalue weighted by molar-refractivity contribution is 5.92. The second kappa shape index (κ2) is 6.69. The molecule has 164 valence electrons. The number of carboxylic acid groups (broad SMARTS) is 2. The summed E-state index contributed by atoms with van der Waals surface area (Å²) in [5, 5.41) is 19.1. The Hall–Kier alpha value is -2.12. The molecule has 4 aliphatic carbocycles. The Bertz CT molecular complexity index is 733. The number of amides is 2. The van der Waals surface area contributed by atoms with Gasteiger partial charge in [0.2, 0.25) is 11.8 Å². The van der Waals surface area contributed by atoms with Gasteiger partial charge in [-0.1, -0.05) is 0 Å². The quantitative estimate of drug-likeness (QED) is 0.718. The molecule has 0 radical (unpaired) electrons. The van der Waals surface area contributed by atoms with E-state index < -0.39 is 34.9 Å². The van der Waals surface area contributed by atoms with Gasteiger partial charge >= 0.3 is 11.9 Å². The van der Waals surface area contributed by atoms with Gasteiger partial charge in [0.15, 0.2) is 0 Å². The first kappa shape index (κ1) is 19.8. The van der Waals surface area contributed by atoms with Gasteiger partial charge in [0, 0.05) is 13.1 Å². The number of rotatable bonds is 4. The van der Waals surface area contributed by atoms with Gasteiger partial charge in [-0.25, -0.2) is 9.59 Å². The molecule has 6 fully saturated rings. The molecule has 8 heteroatoms. The second-order valence-electron chi connectivity index (χ2n) is 10.5. The van der Waals surface area contributed by atoms with E-state index in [0.717, 1.165) is 32.1 Å². The van der Waals surface area contributed by atoms with Crippen LogP contribution in [0.1, 0.15) is 64.2 Å². The number of carbonyl (C=O) groups excluding carboxylic acids is 2. The lowest BCUT2D eigenvalue weighted by Gasteiger charge is -2.61. The maximum absolute atomic E-state index is 13.7. The van der Waals surface area contributed by atoms with Crippen LogP contribution in [0.15, 0.2) is 0 Å². The SMILES string of the molecule is O=C(O)[C@@H]1CCCN1C(=O)C12CC3CC(C1)CC(C(=O)N1CCC[C@H]1C(=O)O)(C3)C2. The van der Waals surface area contributed by atoms with Gasteiger partial charge < -0.3 is 20.0 Å². The Morgan fingerprint density at radius 2 is 1.10 bits per heavy atom. The zero-order chi connectivity index (χ0) is 21.3. The van der Waals surface area contributed by atoms with Crippen molar-refractivity contribution in [2.24, 2.45) is 22.7 Å². The van der Waals surface area contributed by atoms with Gasteiger partial charge in [0.25, 0.3) is 0 Å². The summed E-state index contributed by atoms with van der Waals surface area (Å²) < 4.78 is 0. The van der Waals surface area contributed by atoms with Crippen molar-refractivity contribution in [3.05, 3.63) is 0 Å². The first-order valence-corrected chi connectivity index (χ1v) is 11.3. The number of carbonyl (C=O) groups is 4. The summed E-state index contributed by atoms with van der Waals surface area (Å²) in [6.45, 7) is 0.947. The molecular formula is C22H30N2O6. The fourth-order valence-electron chi connectivity index (χ4n) is 7.91. The van der Waals surface area contributed by atoms with Crippen molar-refractivity contribution in [1.82, 2.24) is 9.80 Å². The van der Waals surface area contributed by atoms with Crippen molar-refractivity contribution in [2.45, 2.75) is 76.3 Å². The number of likely N-dealkylation sites (tertiary alicyclic amines) is 2. The highest BCUT2D eigenvalue weighted by Crippen LogP contribution is 2.66. The van der Waals surface area contributed by atoms with Crippen molar-refractivity contribution in [1.29, 1.82) is 0 Å². The minimum Gasteiger partial charge on any atom is -0.480 e. The maximum atomic E-state index is 13.7. The van der Waals surface area contributed by atoms with E-state index in [2.05, 4.69) is 0 Å². The van der Waals surface area contributed by atoms with Crippen LogP contribution in [0.25, 0.3) is 0 Å². The molecule has 2 aliphatic heterocycles. The van der Waals surface area contributed by atoms with E-state index in [1.54, 1.807) is 9.80 Å². The highest BCUT2D eigenvalue weighted by atomic mass is 16.4. The zero-order valence-corrected chi connectivity index (χ0v) is 17.2. The fourth-order valence-corrected chi connectivity index (χ4v) is 7.91. The van der Waals surface area contributed by atoms with Crippen molar-refractivity contribution < 1.29 is 29.4 Å². The van der Waals surface area contributed by atoms with Crippen molar-refractivity contribution in [3.8, 4) is 0 Å². The second-order valence-corrected chi connectivity index (χ2v) is 10.5. The van der Waals surface area contributed by atoms with Crippen LogP contribution < -0.4 is 0 Å². The van der Waals surface area contributed by atoms with Crippen LogP contribution in [0.2, 0.25) is 0 Å². The average Bonchev–Trinajstić information content (AvgIpc) is 3.35. The molecule has 2 saturated heterocycles. The van der Waals surface area contributed by atoms with E-state index in [-0.39, 0.29) is 23.7 Å². The van der Waals surface area contributed by atoms with E-state index in [9.17, 15) is 29.4 Å². The zero-order valence-electron chi connectivity index (χ0n) is 17.2. The van der Waals surface area contributed by atoms with Crippen LogP contribution in [0, 0.1) is 22.7 Å². The number of hydrogen-bond acceptors (Lipinski definition) is 4. The molecule has 0 spiro atoms. The summed E-state index contributed by atoms with van der Waals surface area (Å²) in [6.07, 6.45) is 6.80. The molecule has 4 bridgehead atoms. The number of hydrogen-bond donors (Lipinski definition) is 2. The van der Waals surface area contributed by atoms with Gasteiger partial charge in [-0.05, 0) is 76.0 Å². The number of carboxylic acids is 2. The van der Waals surface area contributed by atoms with Crippen LogP contribution >= 0.6 is 0 Å². The minimum atomic E-state index is -0.947. The van der Waals surface area contributed by atoms with Gasteiger partial charge in [0.1, 0.15) is 12.1 Å². The van der Waals surface area contributed by atoms with Crippen LogP contribution in [0.3, 0.4) is 0 Å². The molecule has 6 rings (SSSR count). The van der Waals surface area contributed by atoms with E-state index >= 15 is 0 Å². The molecule has 0 aromatic heterocycles. The lowest BCUT2D eigenvalue weighted by molar-refractivity contribution is -0.183. The van der Waals surface area contributed by atoms with Crippen LogP contribution in [-0.4, -0.2) is 68.9 Å². The Labute approximate surface area is 175 Å². The van der Waals surface area contributed by atoms with E-state index in [1.165, 1.54) is 0 Å². The first-order chi connectivity index (χ1) is 14.2. The fraction of sp³-hybridized carbons (Fsp3) is 0.818. The van der Waals surface area contributed by atoms with Gasteiger partial charge in [-0.15, -0.1) is 0 Å². The van der Waals surface area contributed by atoms with Crippen molar-refractivity contribution in [3.63, 3.8) is 0 Å². The normalized spacial score (nSPS) is 42.0. The third-order valence-corrected chi connectivity index (χ3v) is 8.57. The van der Waals surface area contributed by atoms with E-state index in [1.807, 2.05) is 0 Å². The molecule has 8 nitrogen and oxygen atoms in total. The lowest BCUT2D eigenvalue weighted by Crippen LogP contribution is -2.63. The van der Waals surface area contributed by atoms with Crippen LogP contribution in [0.4, 0.5) is 0 Å². The molecule has 0 unspecified atom stereocenters. The highest BCUT2D eigenvalue weighted by Gasteiger charge is 2.65. The number of aliphatic carboxylic acids is 2. The standard InChI is InChI=1S/C22H30N2O6/c25-17(26)15-3-1-5-23(15)19(29)21-8-13-7-14(9-21)11-22(10-13,12-21)20(30)24-6-2-4-16(24)18(27)28/h13-16H,1-12H2,(H,25,26)(H,27,28)/t13?,14?,15-,16-,21?,22?/m0/s1. The smallest absolute Gasteiger partial charge is 0.326 e. The van der Waals surface area contributed by atoms with Gasteiger partial charge in [-0.2, -0.15) is 0 Å². The molecule has 0 aromatic carbocycles. The molecule has 2 heterocycles. The first-order valence-electron chi connectivity index (χ1n) is 11.3. The summed E-state index contributed by atoms with van der Waals surface area (Å²) in [7, 11) is 0. The lowest BCUT2D eigenvalue weighted by atomic mass is 9.43. The molecule has 2 amide bonds. The summed E-state index contributed by atoms with van der Waals surface area (Å²) in [6, 6.07) is -1.51. The summed E-state index contributed by atoms with van der Waals surface area (Å²) in [5.41, 5.74) is -1.31. The molecule has 2 atom stereocenters. The third-order valence-electron chi connectivity index (χ3n) is 8.57. The number of nitrogens with zero attached hydrogens (tertiary/aromatic N) is 2. The largest absolute Gasteiger partial charge is 0.480 e. The third kappa shape index (κ3) is 2.78. The summed E-state index contributed by atoms with van der Waals surface area (Å²) in [5.74, 6) is -1.47. The topological polar surface area (TPSA) is 115 Å². The molecule has 30 heavy (non-hydrogen) atoms. The van der Waals surface area contributed by atoms with E-state index in [4.69, 9.17) is 0 Å². The Balaban J connectivity index is 1.45. The monoisotopic (exact) mass is 418 g/mol. The summed E-state index contributed by atoms with van der Waals surface area (Å²) >= 11 is 0. The molecule has 0 aromatic rings. The Morgan fingerprint density at radius 1 is 0.700 bits per heavy atom. The van der Waals surface area contributed by atoms with E-state index in [0.29, 0.717) is 45.2 Å². The predicted molar refractivity (Wildman–Crippen MR) is 104 cm³/mol. The Morgan fingerprint density at radius 3 is 1.47 bits per heavy atom. The average molecular weight is 418 g/mol. The summed E-state index contributed by atoms with van der Waals surface area (Å²) in [4.78, 5) is 53.9.